The van der Waals surface area contributed by atoms with Crippen LogP contribution in [-0.2, 0) is 4.79 Å². The van der Waals surface area contributed by atoms with E-state index in [1.165, 1.54) is 6.92 Å². The molecule has 0 atom stereocenters. The van der Waals surface area contributed by atoms with Crippen molar-refractivity contribution < 1.29 is 9.90 Å². The number of hydrazone groups is 1. The number of carboxylic acid groups (broad SMARTS) is 1. The fourth-order valence-corrected chi connectivity index (χ4v) is 0.824. The SMILES string of the molecule is C/C(=N/Nc1ccc(C)cc1)C(=O)O. The monoisotopic (exact) mass is 192 g/mol. The number of aryl methyl sites for hydroxylation is 1. The van der Waals surface area contributed by atoms with Crippen molar-refractivity contribution >= 4 is 17.4 Å². The molecule has 0 spiro atoms. The van der Waals surface area contributed by atoms with Gasteiger partial charge in [0.1, 0.15) is 5.71 Å². The van der Waals surface area contributed by atoms with Crippen LogP contribution < -0.4 is 5.43 Å². The second-order valence-corrected chi connectivity index (χ2v) is 2.98. The highest BCUT2D eigenvalue weighted by Gasteiger charge is 2.00. The molecule has 0 aromatic heterocycles. The number of nitrogens with zero attached hydrogens (tertiary/aromatic N) is 1. The number of hydrogen-bond acceptors (Lipinski definition) is 3. The lowest BCUT2D eigenvalue weighted by Crippen LogP contribution is -2.10. The molecule has 1 aromatic carbocycles. The third-order valence-electron chi connectivity index (χ3n) is 1.71. The van der Waals surface area contributed by atoms with Gasteiger partial charge in [-0.25, -0.2) is 4.79 Å². The van der Waals surface area contributed by atoms with E-state index in [2.05, 4.69) is 10.5 Å². The van der Waals surface area contributed by atoms with Crippen LogP contribution in [0.5, 0.6) is 0 Å². The predicted octanol–water partition coefficient (Wildman–Crippen LogP) is 1.87. The van der Waals surface area contributed by atoms with E-state index in [4.69, 9.17) is 5.11 Å². The molecule has 1 rings (SSSR count). The highest BCUT2D eigenvalue weighted by Crippen LogP contribution is 2.08. The first-order chi connectivity index (χ1) is 6.59. The van der Waals surface area contributed by atoms with Gasteiger partial charge in [0, 0.05) is 0 Å². The summed E-state index contributed by atoms with van der Waals surface area (Å²) in [6, 6.07) is 7.53. The summed E-state index contributed by atoms with van der Waals surface area (Å²) < 4.78 is 0. The molecule has 0 aliphatic rings. The number of anilines is 1. The first-order valence-corrected chi connectivity index (χ1v) is 4.20. The molecule has 0 saturated carbocycles. The van der Waals surface area contributed by atoms with Gasteiger partial charge in [0.15, 0.2) is 0 Å². The van der Waals surface area contributed by atoms with Gasteiger partial charge in [-0.2, -0.15) is 5.10 Å². The van der Waals surface area contributed by atoms with E-state index in [-0.39, 0.29) is 5.71 Å². The molecule has 0 amide bonds. The summed E-state index contributed by atoms with van der Waals surface area (Å²) in [4.78, 5) is 10.4. The molecule has 1 aromatic rings. The average molecular weight is 192 g/mol. The Hall–Kier alpha value is -1.84. The summed E-state index contributed by atoms with van der Waals surface area (Å²) in [7, 11) is 0. The molecule has 0 heterocycles. The van der Waals surface area contributed by atoms with E-state index in [0.29, 0.717) is 0 Å². The summed E-state index contributed by atoms with van der Waals surface area (Å²) in [5.41, 5.74) is 4.61. The van der Waals surface area contributed by atoms with Crippen molar-refractivity contribution in [3.05, 3.63) is 29.8 Å². The molecule has 0 aliphatic carbocycles. The number of benzene rings is 1. The van der Waals surface area contributed by atoms with Crippen molar-refractivity contribution in [1.82, 2.24) is 0 Å². The Morgan fingerprint density at radius 2 is 1.93 bits per heavy atom. The Labute approximate surface area is 82.3 Å². The summed E-state index contributed by atoms with van der Waals surface area (Å²) >= 11 is 0. The van der Waals surface area contributed by atoms with Crippen molar-refractivity contribution in [2.45, 2.75) is 13.8 Å². The first kappa shape index (κ1) is 10.2. The largest absolute Gasteiger partial charge is 0.477 e. The molecule has 0 radical (unpaired) electrons. The van der Waals surface area contributed by atoms with Crippen LogP contribution in [0.1, 0.15) is 12.5 Å². The molecule has 0 saturated heterocycles. The quantitative estimate of drug-likeness (QED) is 0.567. The average Bonchev–Trinajstić information content (AvgIpc) is 2.16. The van der Waals surface area contributed by atoms with E-state index >= 15 is 0 Å². The molecular formula is C10H12N2O2. The lowest BCUT2D eigenvalue weighted by atomic mass is 10.2. The fourth-order valence-electron chi connectivity index (χ4n) is 0.824. The number of aliphatic carboxylic acids is 1. The Balaban J connectivity index is 2.66. The van der Waals surface area contributed by atoms with Crippen LogP contribution in [0.25, 0.3) is 0 Å². The van der Waals surface area contributed by atoms with Crippen LogP contribution in [0, 0.1) is 6.92 Å². The Morgan fingerprint density at radius 3 is 2.43 bits per heavy atom. The second kappa shape index (κ2) is 4.41. The Bertz CT molecular complexity index is 355. The van der Waals surface area contributed by atoms with Gasteiger partial charge < -0.3 is 5.11 Å². The second-order valence-electron chi connectivity index (χ2n) is 2.98. The lowest BCUT2D eigenvalue weighted by Gasteiger charge is -2.00. The van der Waals surface area contributed by atoms with Crippen LogP contribution in [0.2, 0.25) is 0 Å². The zero-order valence-electron chi connectivity index (χ0n) is 8.11. The number of rotatable bonds is 3. The topological polar surface area (TPSA) is 61.7 Å². The molecule has 74 valence electrons. The van der Waals surface area contributed by atoms with Crippen molar-refractivity contribution in [1.29, 1.82) is 0 Å². The summed E-state index contributed by atoms with van der Waals surface area (Å²) in [5.74, 6) is -1.02. The third-order valence-corrected chi connectivity index (χ3v) is 1.71. The molecule has 0 fully saturated rings. The third kappa shape index (κ3) is 2.90. The Morgan fingerprint density at radius 1 is 1.36 bits per heavy atom. The van der Waals surface area contributed by atoms with Gasteiger partial charge >= 0.3 is 5.97 Å². The maximum Gasteiger partial charge on any atom is 0.351 e. The lowest BCUT2D eigenvalue weighted by molar-refractivity contribution is -0.129. The number of carboxylic acids is 1. The molecule has 0 bridgehead atoms. The van der Waals surface area contributed by atoms with Gasteiger partial charge in [-0.15, -0.1) is 0 Å². The Kier molecular flexibility index (Phi) is 3.23. The van der Waals surface area contributed by atoms with Gasteiger partial charge in [0.2, 0.25) is 0 Å². The maximum absolute atomic E-state index is 10.4. The minimum Gasteiger partial charge on any atom is -0.477 e. The van der Waals surface area contributed by atoms with Crippen molar-refractivity contribution in [3.8, 4) is 0 Å². The summed E-state index contributed by atoms with van der Waals surface area (Å²) in [6.45, 7) is 3.42. The minimum atomic E-state index is -1.02. The molecule has 14 heavy (non-hydrogen) atoms. The van der Waals surface area contributed by atoms with Crippen LogP contribution in [0.15, 0.2) is 29.4 Å². The standard InChI is InChI=1S/C10H12N2O2/c1-7-3-5-9(6-4-7)12-11-8(2)10(13)14/h3-6,12H,1-2H3,(H,13,14)/b11-8-. The van der Waals surface area contributed by atoms with Crippen molar-refractivity contribution in [3.63, 3.8) is 0 Å². The van der Waals surface area contributed by atoms with Crippen LogP contribution >= 0.6 is 0 Å². The number of nitrogens with one attached hydrogen (secondary N) is 1. The molecule has 2 N–H and O–H groups in total. The molecule has 4 nitrogen and oxygen atoms in total. The maximum atomic E-state index is 10.4. The first-order valence-electron chi connectivity index (χ1n) is 4.20. The smallest absolute Gasteiger partial charge is 0.351 e. The van der Waals surface area contributed by atoms with Crippen LogP contribution in [0.3, 0.4) is 0 Å². The zero-order valence-corrected chi connectivity index (χ0v) is 8.11. The van der Waals surface area contributed by atoms with Gasteiger partial charge in [0.05, 0.1) is 5.69 Å². The molecule has 4 heteroatoms. The molecule has 0 unspecified atom stereocenters. The van der Waals surface area contributed by atoms with Crippen molar-refractivity contribution in [2.24, 2.45) is 5.10 Å². The summed E-state index contributed by atoms with van der Waals surface area (Å²) in [5, 5.41) is 12.2. The molecular weight excluding hydrogens is 180 g/mol. The van der Waals surface area contributed by atoms with E-state index in [0.717, 1.165) is 11.3 Å². The van der Waals surface area contributed by atoms with Gasteiger partial charge in [0.25, 0.3) is 0 Å². The normalized spacial score (nSPS) is 11.1. The van der Waals surface area contributed by atoms with Gasteiger partial charge in [-0.05, 0) is 26.0 Å². The predicted molar refractivity (Wildman–Crippen MR) is 55.5 cm³/mol. The fraction of sp³-hybridized carbons (Fsp3) is 0.200. The van der Waals surface area contributed by atoms with E-state index < -0.39 is 5.97 Å². The van der Waals surface area contributed by atoms with Crippen LogP contribution in [-0.4, -0.2) is 16.8 Å². The van der Waals surface area contributed by atoms with Crippen LogP contribution in [0.4, 0.5) is 5.69 Å². The van der Waals surface area contributed by atoms with Gasteiger partial charge in [-0.1, -0.05) is 17.7 Å². The van der Waals surface area contributed by atoms with E-state index in [1.54, 1.807) is 0 Å². The minimum absolute atomic E-state index is 0.0329. The highest BCUT2D eigenvalue weighted by atomic mass is 16.4. The highest BCUT2D eigenvalue weighted by molar-refractivity contribution is 6.34. The molecule has 0 aliphatic heterocycles. The summed E-state index contributed by atoms with van der Waals surface area (Å²) in [6.07, 6.45) is 0. The zero-order chi connectivity index (χ0) is 10.6. The van der Waals surface area contributed by atoms with Crippen molar-refractivity contribution in [2.75, 3.05) is 5.43 Å². The number of carbonyl (C=O) groups is 1. The number of hydrogen-bond donors (Lipinski definition) is 2. The van der Waals surface area contributed by atoms with Gasteiger partial charge in [-0.3, -0.25) is 5.43 Å². The van der Waals surface area contributed by atoms with E-state index in [1.807, 2.05) is 31.2 Å². The van der Waals surface area contributed by atoms with E-state index in [9.17, 15) is 4.79 Å².